The van der Waals surface area contributed by atoms with Crippen molar-refractivity contribution in [3.05, 3.63) is 59.9 Å². The molecule has 0 amide bonds. The lowest BCUT2D eigenvalue weighted by molar-refractivity contribution is 0.0967. The molecule has 3 rings (SSSR count). The van der Waals surface area contributed by atoms with Crippen molar-refractivity contribution in [3.8, 4) is 11.1 Å². The van der Waals surface area contributed by atoms with E-state index in [9.17, 15) is 9.18 Å². The van der Waals surface area contributed by atoms with Crippen molar-refractivity contribution in [2.45, 2.75) is 12.8 Å². The number of carbonyl (C=O) groups excluding carboxylic acids is 1. The lowest BCUT2D eigenvalue weighted by atomic mass is 10.0. The van der Waals surface area contributed by atoms with Crippen molar-refractivity contribution in [2.24, 2.45) is 5.92 Å². The first kappa shape index (κ1) is 11.1. The summed E-state index contributed by atoms with van der Waals surface area (Å²) >= 11 is 0. The third-order valence-electron chi connectivity index (χ3n) is 3.30. The Labute approximate surface area is 105 Å². The Morgan fingerprint density at radius 2 is 1.39 bits per heavy atom. The summed E-state index contributed by atoms with van der Waals surface area (Å²) in [4.78, 5) is 11.8. The van der Waals surface area contributed by atoms with Gasteiger partial charge in [-0.05, 0) is 36.1 Å². The van der Waals surface area contributed by atoms with Crippen LogP contribution in [0.15, 0.2) is 48.5 Å². The Balaban J connectivity index is 1.86. The number of hydrogen-bond acceptors (Lipinski definition) is 1. The number of hydrogen-bond donors (Lipinski definition) is 0. The molecule has 1 fully saturated rings. The lowest BCUT2D eigenvalue weighted by Crippen LogP contribution is -2.00. The van der Waals surface area contributed by atoms with Crippen LogP contribution in [0.2, 0.25) is 0 Å². The molecule has 0 atom stereocenters. The second kappa shape index (κ2) is 4.37. The van der Waals surface area contributed by atoms with Crippen LogP contribution >= 0.6 is 0 Å². The minimum atomic E-state index is -0.237. The number of rotatable bonds is 3. The van der Waals surface area contributed by atoms with Gasteiger partial charge >= 0.3 is 0 Å². The molecule has 0 radical (unpaired) electrons. The standard InChI is InChI=1S/C16H13FO/c17-15-9-7-12(8-10-15)11-1-3-13(4-2-11)16(18)14-5-6-14/h1-4,7-10,14H,5-6H2. The molecule has 0 aliphatic heterocycles. The van der Waals surface area contributed by atoms with Gasteiger partial charge in [-0.1, -0.05) is 36.4 Å². The molecule has 90 valence electrons. The van der Waals surface area contributed by atoms with Gasteiger partial charge in [0, 0.05) is 11.5 Å². The van der Waals surface area contributed by atoms with E-state index in [4.69, 9.17) is 0 Å². The molecule has 1 nitrogen and oxygen atoms in total. The lowest BCUT2D eigenvalue weighted by Gasteiger charge is -2.03. The fraction of sp³-hybridized carbons (Fsp3) is 0.188. The van der Waals surface area contributed by atoms with E-state index < -0.39 is 0 Å². The smallest absolute Gasteiger partial charge is 0.165 e. The summed E-state index contributed by atoms with van der Waals surface area (Å²) in [5.41, 5.74) is 2.74. The van der Waals surface area contributed by atoms with Gasteiger partial charge in [0.25, 0.3) is 0 Å². The number of Topliss-reactive ketones (excluding diaryl/α,β-unsaturated/α-hetero) is 1. The van der Waals surface area contributed by atoms with Crippen LogP contribution in [0.4, 0.5) is 4.39 Å². The average Bonchev–Trinajstić information content (AvgIpc) is 3.23. The van der Waals surface area contributed by atoms with Crippen molar-refractivity contribution in [3.63, 3.8) is 0 Å². The summed E-state index contributed by atoms with van der Waals surface area (Å²) in [6.45, 7) is 0. The third kappa shape index (κ3) is 2.19. The van der Waals surface area contributed by atoms with Gasteiger partial charge in [0.15, 0.2) is 5.78 Å². The van der Waals surface area contributed by atoms with Crippen LogP contribution in [0.1, 0.15) is 23.2 Å². The first-order chi connectivity index (χ1) is 8.74. The van der Waals surface area contributed by atoms with Crippen molar-refractivity contribution in [1.29, 1.82) is 0 Å². The quantitative estimate of drug-likeness (QED) is 0.738. The van der Waals surface area contributed by atoms with E-state index in [-0.39, 0.29) is 17.5 Å². The molecule has 1 saturated carbocycles. The molecule has 18 heavy (non-hydrogen) atoms. The van der Waals surface area contributed by atoms with Gasteiger partial charge in [-0.2, -0.15) is 0 Å². The van der Waals surface area contributed by atoms with Crippen LogP contribution in [-0.2, 0) is 0 Å². The highest BCUT2D eigenvalue weighted by Gasteiger charge is 2.30. The second-order valence-electron chi connectivity index (χ2n) is 4.72. The molecule has 1 aliphatic carbocycles. The third-order valence-corrected chi connectivity index (χ3v) is 3.30. The predicted octanol–water partition coefficient (Wildman–Crippen LogP) is 4.09. The molecule has 2 aromatic rings. The van der Waals surface area contributed by atoms with Crippen LogP contribution in [0.3, 0.4) is 0 Å². The highest BCUT2D eigenvalue weighted by Crippen LogP contribution is 2.33. The van der Waals surface area contributed by atoms with E-state index in [0.29, 0.717) is 0 Å². The molecule has 0 spiro atoms. The van der Waals surface area contributed by atoms with Crippen molar-refractivity contribution in [2.75, 3.05) is 0 Å². The molecule has 2 heteroatoms. The maximum atomic E-state index is 12.8. The molecule has 2 aromatic carbocycles. The molecular formula is C16H13FO. The SMILES string of the molecule is O=C(c1ccc(-c2ccc(F)cc2)cc1)C1CC1. The highest BCUT2D eigenvalue weighted by molar-refractivity contribution is 5.99. The summed E-state index contributed by atoms with van der Waals surface area (Å²) in [6, 6.07) is 13.9. The van der Waals surface area contributed by atoms with E-state index >= 15 is 0 Å². The van der Waals surface area contributed by atoms with Gasteiger partial charge in [-0.3, -0.25) is 4.79 Å². The topological polar surface area (TPSA) is 17.1 Å². The van der Waals surface area contributed by atoms with Gasteiger partial charge in [0.2, 0.25) is 0 Å². The average molecular weight is 240 g/mol. The zero-order valence-electron chi connectivity index (χ0n) is 9.90. The predicted molar refractivity (Wildman–Crippen MR) is 68.9 cm³/mol. The minimum absolute atomic E-state index is 0.237. The van der Waals surface area contributed by atoms with Crippen LogP contribution < -0.4 is 0 Å². The molecular weight excluding hydrogens is 227 g/mol. The zero-order valence-corrected chi connectivity index (χ0v) is 9.90. The molecule has 0 saturated heterocycles. The van der Waals surface area contributed by atoms with Gasteiger partial charge in [-0.15, -0.1) is 0 Å². The van der Waals surface area contributed by atoms with Crippen molar-refractivity contribution < 1.29 is 9.18 Å². The maximum absolute atomic E-state index is 12.8. The largest absolute Gasteiger partial charge is 0.294 e. The summed E-state index contributed by atoms with van der Waals surface area (Å²) in [7, 11) is 0. The molecule has 0 bridgehead atoms. The maximum Gasteiger partial charge on any atom is 0.165 e. The fourth-order valence-corrected chi connectivity index (χ4v) is 2.05. The minimum Gasteiger partial charge on any atom is -0.294 e. The number of halogens is 1. The Morgan fingerprint density at radius 3 is 1.89 bits per heavy atom. The van der Waals surface area contributed by atoms with Crippen molar-refractivity contribution in [1.82, 2.24) is 0 Å². The summed E-state index contributed by atoms with van der Waals surface area (Å²) in [5, 5.41) is 0. The molecule has 0 unspecified atom stereocenters. The Hall–Kier alpha value is -1.96. The summed E-state index contributed by atoms with van der Waals surface area (Å²) < 4.78 is 12.8. The van der Waals surface area contributed by atoms with E-state index in [1.807, 2.05) is 24.3 Å². The summed E-state index contributed by atoms with van der Waals surface area (Å²) in [5.74, 6) is 0.265. The van der Waals surface area contributed by atoms with Crippen LogP contribution in [0.5, 0.6) is 0 Å². The summed E-state index contributed by atoms with van der Waals surface area (Å²) in [6.07, 6.45) is 2.05. The van der Waals surface area contributed by atoms with E-state index in [0.717, 1.165) is 29.5 Å². The van der Waals surface area contributed by atoms with Gasteiger partial charge in [-0.25, -0.2) is 4.39 Å². The normalized spacial score (nSPS) is 14.5. The molecule has 0 heterocycles. The van der Waals surface area contributed by atoms with E-state index in [2.05, 4.69) is 0 Å². The Kier molecular flexibility index (Phi) is 2.71. The second-order valence-corrected chi connectivity index (χ2v) is 4.72. The fourth-order valence-electron chi connectivity index (χ4n) is 2.05. The van der Waals surface area contributed by atoms with E-state index in [1.54, 1.807) is 12.1 Å². The zero-order chi connectivity index (χ0) is 12.5. The van der Waals surface area contributed by atoms with E-state index in [1.165, 1.54) is 12.1 Å². The highest BCUT2D eigenvalue weighted by atomic mass is 19.1. The monoisotopic (exact) mass is 240 g/mol. The number of ketones is 1. The molecule has 1 aliphatic rings. The number of carbonyl (C=O) groups is 1. The number of benzene rings is 2. The first-order valence-electron chi connectivity index (χ1n) is 6.14. The van der Waals surface area contributed by atoms with Crippen LogP contribution in [0.25, 0.3) is 11.1 Å². The molecule has 0 aromatic heterocycles. The van der Waals surface area contributed by atoms with Crippen molar-refractivity contribution >= 4 is 5.78 Å². The van der Waals surface area contributed by atoms with Gasteiger partial charge < -0.3 is 0 Å². The van der Waals surface area contributed by atoms with Gasteiger partial charge in [0.05, 0.1) is 0 Å². The van der Waals surface area contributed by atoms with Crippen LogP contribution in [0, 0.1) is 11.7 Å². The molecule has 0 N–H and O–H groups in total. The van der Waals surface area contributed by atoms with Crippen LogP contribution in [-0.4, -0.2) is 5.78 Å². The Bertz CT molecular complexity index is 565. The Morgan fingerprint density at radius 1 is 0.889 bits per heavy atom. The first-order valence-corrected chi connectivity index (χ1v) is 6.14. The van der Waals surface area contributed by atoms with Gasteiger partial charge in [0.1, 0.15) is 5.82 Å².